The van der Waals surface area contributed by atoms with E-state index in [-0.39, 0.29) is 11.7 Å². The maximum Gasteiger partial charge on any atom is 0.234 e. The van der Waals surface area contributed by atoms with Crippen molar-refractivity contribution in [1.82, 2.24) is 14.8 Å². The summed E-state index contributed by atoms with van der Waals surface area (Å²) in [5.41, 5.74) is 0.643. The summed E-state index contributed by atoms with van der Waals surface area (Å²) in [7, 11) is 0. The molecule has 3 aromatic rings. The van der Waals surface area contributed by atoms with Gasteiger partial charge in [0.25, 0.3) is 0 Å². The van der Waals surface area contributed by atoms with Crippen LogP contribution in [0.15, 0.2) is 60.3 Å². The van der Waals surface area contributed by atoms with Crippen LogP contribution >= 0.6 is 11.8 Å². The van der Waals surface area contributed by atoms with Gasteiger partial charge >= 0.3 is 0 Å². The second-order valence-electron chi connectivity index (χ2n) is 7.30. The fourth-order valence-electron chi connectivity index (χ4n) is 3.54. The van der Waals surface area contributed by atoms with Gasteiger partial charge in [-0.2, -0.15) is 0 Å². The van der Waals surface area contributed by atoms with Gasteiger partial charge in [-0.25, -0.2) is 0 Å². The summed E-state index contributed by atoms with van der Waals surface area (Å²) in [6.45, 7) is 5.64. The third-order valence-corrected chi connectivity index (χ3v) is 5.98. The molecule has 2 aliphatic heterocycles. The highest BCUT2D eigenvalue weighted by Gasteiger charge is 2.28. The summed E-state index contributed by atoms with van der Waals surface area (Å²) in [6.07, 6.45) is 1.34. The summed E-state index contributed by atoms with van der Waals surface area (Å²) in [4.78, 5) is 12.5. The Morgan fingerprint density at radius 2 is 1.88 bits per heavy atom. The second-order valence-corrected chi connectivity index (χ2v) is 8.24. The van der Waals surface area contributed by atoms with E-state index in [1.165, 1.54) is 11.8 Å². The number of nitrogens with one attached hydrogen (secondary N) is 1. The average Bonchev–Trinajstić information content (AvgIpc) is 3.25. The monoisotopic (exact) mass is 466 g/mol. The van der Waals surface area contributed by atoms with Crippen LogP contribution in [0.4, 0.5) is 5.69 Å². The van der Waals surface area contributed by atoms with Gasteiger partial charge < -0.3 is 24.3 Å². The highest BCUT2D eigenvalue weighted by molar-refractivity contribution is 7.99. The molecule has 33 heavy (non-hydrogen) atoms. The summed E-state index contributed by atoms with van der Waals surface area (Å²) in [5, 5.41) is 12.1. The molecule has 3 heterocycles. The number of fused-ring (bicyclic) bond motifs is 2. The van der Waals surface area contributed by atoms with Crippen LogP contribution in [-0.4, -0.2) is 46.2 Å². The van der Waals surface area contributed by atoms with Crippen LogP contribution < -0.4 is 24.3 Å². The number of hydrogen-bond acceptors (Lipinski definition) is 8. The maximum atomic E-state index is 12.5. The van der Waals surface area contributed by atoms with Crippen LogP contribution in [0, 0.1) is 0 Å². The molecular formula is C23H22N4O5S. The van der Waals surface area contributed by atoms with Crippen LogP contribution in [0.25, 0.3) is 0 Å². The zero-order chi connectivity index (χ0) is 22.6. The van der Waals surface area contributed by atoms with Gasteiger partial charge in [0.1, 0.15) is 19.8 Å². The Morgan fingerprint density at radius 1 is 1.09 bits per heavy atom. The molecule has 0 aliphatic carbocycles. The third-order valence-electron chi connectivity index (χ3n) is 5.01. The number of para-hydroxylation sites is 2. The standard InChI is InChI=1S/C23H22N4O5S/c1-2-9-27-22(20-13-31-16-5-3-4-6-18(16)32-20)25-26-23(27)33-14-21(28)24-15-7-8-17-19(12-15)30-11-10-29-17/h2-8,12,20H,1,9-11,13-14H2,(H,24,28)/t20-/m1/s1. The van der Waals surface area contributed by atoms with Crippen molar-refractivity contribution in [2.75, 3.05) is 30.9 Å². The van der Waals surface area contributed by atoms with E-state index in [0.29, 0.717) is 66.0 Å². The van der Waals surface area contributed by atoms with Gasteiger partial charge in [0.05, 0.1) is 5.75 Å². The molecule has 0 bridgehead atoms. The molecule has 1 amide bonds. The third kappa shape index (κ3) is 4.61. The SMILES string of the molecule is C=CCn1c(SCC(=O)Nc2ccc3c(c2)OCCO3)nnc1[C@H]1COc2ccccc2O1. The van der Waals surface area contributed by atoms with Crippen LogP contribution in [0.3, 0.4) is 0 Å². The zero-order valence-electron chi connectivity index (χ0n) is 17.7. The minimum Gasteiger partial charge on any atom is -0.486 e. The van der Waals surface area contributed by atoms with E-state index in [2.05, 4.69) is 22.1 Å². The number of amides is 1. The summed E-state index contributed by atoms with van der Waals surface area (Å²) < 4.78 is 24.9. The predicted octanol–water partition coefficient (Wildman–Crippen LogP) is 3.48. The lowest BCUT2D eigenvalue weighted by molar-refractivity contribution is -0.113. The molecule has 170 valence electrons. The van der Waals surface area contributed by atoms with Gasteiger partial charge in [-0.1, -0.05) is 30.0 Å². The first kappa shape index (κ1) is 21.2. The first-order valence-corrected chi connectivity index (χ1v) is 11.4. The van der Waals surface area contributed by atoms with Crippen LogP contribution in [0.1, 0.15) is 11.9 Å². The molecule has 0 radical (unpaired) electrons. The Kier molecular flexibility index (Phi) is 6.07. The van der Waals surface area contributed by atoms with Crippen molar-refractivity contribution in [3.63, 3.8) is 0 Å². The van der Waals surface area contributed by atoms with Gasteiger partial charge in [-0.05, 0) is 24.3 Å². The average molecular weight is 467 g/mol. The topological polar surface area (TPSA) is 96.7 Å². The number of hydrogen-bond donors (Lipinski definition) is 1. The number of anilines is 1. The number of thioether (sulfide) groups is 1. The van der Waals surface area contributed by atoms with Crippen LogP contribution in [0.2, 0.25) is 0 Å². The molecule has 0 saturated heterocycles. The van der Waals surface area contributed by atoms with E-state index >= 15 is 0 Å². The number of nitrogens with zero attached hydrogens (tertiary/aromatic N) is 3. The summed E-state index contributed by atoms with van der Waals surface area (Å²) in [5.74, 6) is 3.28. The lowest BCUT2D eigenvalue weighted by Crippen LogP contribution is -2.25. The molecule has 2 aromatic carbocycles. The van der Waals surface area contributed by atoms with E-state index < -0.39 is 6.10 Å². The number of aromatic nitrogens is 3. The highest BCUT2D eigenvalue weighted by Crippen LogP contribution is 2.36. The Morgan fingerprint density at radius 3 is 2.73 bits per heavy atom. The number of benzene rings is 2. The van der Waals surface area contributed by atoms with Gasteiger partial charge in [0.2, 0.25) is 5.91 Å². The molecule has 2 aliphatic rings. The van der Waals surface area contributed by atoms with Gasteiger partial charge in [0.15, 0.2) is 40.1 Å². The van der Waals surface area contributed by atoms with E-state index in [1.54, 1.807) is 24.3 Å². The first-order chi connectivity index (χ1) is 16.2. The van der Waals surface area contributed by atoms with Crippen LogP contribution in [-0.2, 0) is 11.3 Å². The molecule has 0 unspecified atom stereocenters. The largest absolute Gasteiger partial charge is 0.486 e. The van der Waals surface area contributed by atoms with Gasteiger partial charge in [-0.3, -0.25) is 9.36 Å². The highest BCUT2D eigenvalue weighted by atomic mass is 32.2. The molecule has 1 aromatic heterocycles. The summed E-state index contributed by atoms with van der Waals surface area (Å²) in [6, 6.07) is 12.8. The Labute approximate surface area is 194 Å². The van der Waals surface area contributed by atoms with E-state index in [0.717, 1.165) is 0 Å². The Bertz CT molecular complexity index is 1180. The molecule has 0 fully saturated rings. The van der Waals surface area contributed by atoms with E-state index in [4.69, 9.17) is 18.9 Å². The molecule has 0 spiro atoms. The smallest absolute Gasteiger partial charge is 0.234 e. The molecule has 1 atom stereocenters. The quantitative estimate of drug-likeness (QED) is 0.418. The minimum atomic E-state index is -0.409. The number of carbonyl (C=O) groups excluding carboxylic acids is 1. The second kappa shape index (κ2) is 9.45. The maximum absolute atomic E-state index is 12.5. The normalized spacial score (nSPS) is 16.2. The number of carbonyl (C=O) groups is 1. The van der Waals surface area contributed by atoms with Crippen molar-refractivity contribution in [3.05, 3.63) is 60.9 Å². The Balaban J connectivity index is 1.25. The van der Waals surface area contributed by atoms with Crippen molar-refractivity contribution in [2.24, 2.45) is 0 Å². The zero-order valence-corrected chi connectivity index (χ0v) is 18.5. The van der Waals surface area contributed by atoms with Crippen molar-refractivity contribution < 1.29 is 23.7 Å². The predicted molar refractivity (Wildman–Crippen MR) is 122 cm³/mol. The lowest BCUT2D eigenvalue weighted by Gasteiger charge is -2.26. The number of allylic oxidation sites excluding steroid dienone is 1. The van der Waals surface area contributed by atoms with Gasteiger partial charge in [0, 0.05) is 18.3 Å². The number of ether oxygens (including phenoxy) is 4. The van der Waals surface area contributed by atoms with Crippen molar-refractivity contribution in [1.29, 1.82) is 0 Å². The van der Waals surface area contributed by atoms with E-state index in [9.17, 15) is 4.79 Å². The molecule has 1 N–H and O–H groups in total. The van der Waals surface area contributed by atoms with Crippen molar-refractivity contribution in [3.8, 4) is 23.0 Å². The van der Waals surface area contributed by atoms with Crippen molar-refractivity contribution in [2.45, 2.75) is 17.8 Å². The fourth-order valence-corrected chi connectivity index (χ4v) is 4.30. The van der Waals surface area contributed by atoms with Crippen molar-refractivity contribution >= 4 is 23.4 Å². The van der Waals surface area contributed by atoms with E-state index in [1.807, 2.05) is 28.8 Å². The number of rotatable bonds is 7. The minimum absolute atomic E-state index is 0.161. The lowest BCUT2D eigenvalue weighted by atomic mass is 10.2. The molecule has 0 saturated carbocycles. The molecular weight excluding hydrogens is 444 g/mol. The fraction of sp³-hybridized carbons (Fsp3) is 0.261. The van der Waals surface area contributed by atoms with Gasteiger partial charge in [-0.15, -0.1) is 16.8 Å². The molecule has 10 heteroatoms. The molecule has 5 rings (SSSR count). The summed E-state index contributed by atoms with van der Waals surface area (Å²) >= 11 is 1.29. The van der Waals surface area contributed by atoms with Crippen LogP contribution in [0.5, 0.6) is 23.0 Å². The Hall–Kier alpha value is -3.66. The first-order valence-electron chi connectivity index (χ1n) is 10.5. The molecule has 9 nitrogen and oxygen atoms in total.